The third kappa shape index (κ3) is 4.10. The summed E-state index contributed by atoms with van der Waals surface area (Å²) in [6, 6.07) is 8.15. The summed E-state index contributed by atoms with van der Waals surface area (Å²) in [4.78, 5) is 2.40. The maximum atomic E-state index is 14.0. The number of rotatable bonds is 5. The van der Waals surface area contributed by atoms with Gasteiger partial charge in [-0.1, -0.05) is 19.9 Å². The van der Waals surface area contributed by atoms with E-state index in [1.165, 1.54) is 26.4 Å². The molecular weight excluding hydrogens is 417 g/mol. The van der Waals surface area contributed by atoms with Crippen molar-refractivity contribution in [2.24, 2.45) is 5.92 Å². The number of nitrogens with zero attached hydrogens (tertiary/aromatic N) is 5. The minimum atomic E-state index is -3.69. The lowest BCUT2D eigenvalue weighted by molar-refractivity contribution is 0.0975. The summed E-state index contributed by atoms with van der Waals surface area (Å²) in [5.41, 5.74) is 1.00. The van der Waals surface area contributed by atoms with E-state index >= 15 is 0 Å². The van der Waals surface area contributed by atoms with Gasteiger partial charge < -0.3 is 0 Å². The van der Waals surface area contributed by atoms with E-state index in [1.807, 2.05) is 6.20 Å². The van der Waals surface area contributed by atoms with Gasteiger partial charge in [-0.05, 0) is 49.9 Å². The van der Waals surface area contributed by atoms with E-state index in [0.717, 1.165) is 19.6 Å². The average Bonchev–Trinajstić information content (AvgIpc) is 3.17. The Morgan fingerprint density at radius 3 is 2.74 bits per heavy atom. The molecule has 2 aliphatic rings. The second-order valence-electron chi connectivity index (χ2n) is 9.40. The van der Waals surface area contributed by atoms with Gasteiger partial charge in [-0.3, -0.25) is 13.9 Å². The molecule has 0 saturated carbocycles. The molecule has 3 heterocycles. The van der Waals surface area contributed by atoms with Crippen molar-refractivity contribution in [3.05, 3.63) is 48.0 Å². The third-order valence-electron chi connectivity index (χ3n) is 6.49. The zero-order valence-corrected chi connectivity index (χ0v) is 19.5. The molecule has 2 aromatic rings. The van der Waals surface area contributed by atoms with Crippen LogP contribution in [0.2, 0.25) is 0 Å². The standard InChI is InChI=1S/C22H32FN5O2S/c1-17(2)14-27-21(8-10-24-27)15-26-11-9-22(13-18(26)3)16-25(4)31(29,30)28(22)20-7-5-6-19(23)12-20/h5-8,10,12,17-18H,9,11,13-16H2,1-4H3/t18-,22+/m0/s1. The fourth-order valence-corrected chi connectivity index (χ4v) is 6.86. The molecule has 0 amide bonds. The van der Waals surface area contributed by atoms with E-state index in [4.69, 9.17) is 0 Å². The number of likely N-dealkylation sites (tertiary alicyclic amines) is 1. The van der Waals surface area contributed by atoms with Gasteiger partial charge in [0.15, 0.2) is 0 Å². The second kappa shape index (κ2) is 8.18. The first-order valence-electron chi connectivity index (χ1n) is 10.9. The second-order valence-corrected chi connectivity index (χ2v) is 11.3. The summed E-state index contributed by atoms with van der Waals surface area (Å²) < 4.78 is 45.2. The Morgan fingerprint density at radius 2 is 2.06 bits per heavy atom. The minimum absolute atomic E-state index is 0.175. The van der Waals surface area contributed by atoms with Crippen molar-refractivity contribution in [2.45, 2.75) is 58.3 Å². The van der Waals surface area contributed by atoms with E-state index in [-0.39, 0.29) is 6.04 Å². The summed E-state index contributed by atoms with van der Waals surface area (Å²) in [5.74, 6) is 0.0843. The van der Waals surface area contributed by atoms with E-state index < -0.39 is 21.6 Å². The highest BCUT2D eigenvalue weighted by atomic mass is 32.2. The maximum Gasteiger partial charge on any atom is 0.304 e. The molecule has 170 valence electrons. The lowest BCUT2D eigenvalue weighted by atomic mass is 9.83. The Kier molecular flexibility index (Phi) is 5.87. The van der Waals surface area contributed by atoms with Crippen LogP contribution < -0.4 is 4.31 Å². The first-order valence-corrected chi connectivity index (χ1v) is 12.3. The molecule has 1 aromatic carbocycles. The van der Waals surface area contributed by atoms with Gasteiger partial charge in [-0.25, -0.2) is 4.39 Å². The number of hydrogen-bond acceptors (Lipinski definition) is 4. The molecule has 0 unspecified atom stereocenters. The summed E-state index contributed by atoms with van der Waals surface area (Å²) in [6.45, 7) is 9.35. The Balaban J connectivity index is 1.58. The number of benzene rings is 1. The molecule has 4 rings (SSSR count). The van der Waals surface area contributed by atoms with Crippen molar-refractivity contribution in [2.75, 3.05) is 24.4 Å². The highest BCUT2D eigenvalue weighted by Crippen LogP contribution is 2.44. The first-order chi connectivity index (χ1) is 14.6. The number of piperidine rings is 1. The number of hydrogen-bond donors (Lipinski definition) is 0. The zero-order chi connectivity index (χ0) is 22.4. The molecule has 2 saturated heterocycles. The molecule has 2 fully saturated rings. The Bertz CT molecular complexity index is 1040. The molecule has 1 aromatic heterocycles. The van der Waals surface area contributed by atoms with Gasteiger partial charge in [0.2, 0.25) is 0 Å². The number of anilines is 1. The molecule has 0 aliphatic carbocycles. The van der Waals surface area contributed by atoms with Crippen LogP contribution >= 0.6 is 0 Å². The van der Waals surface area contributed by atoms with Gasteiger partial charge in [-0.2, -0.15) is 17.8 Å². The maximum absolute atomic E-state index is 14.0. The van der Waals surface area contributed by atoms with Crippen LogP contribution in [-0.4, -0.2) is 59.1 Å². The normalized spacial score (nSPS) is 26.9. The van der Waals surface area contributed by atoms with E-state index in [9.17, 15) is 12.8 Å². The van der Waals surface area contributed by atoms with E-state index in [1.54, 1.807) is 19.2 Å². The van der Waals surface area contributed by atoms with Crippen molar-refractivity contribution in [1.29, 1.82) is 0 Å². The lowest BCUT2D eigenvalue weighted by Gasteiger charge is -2.47. The molecule has 7 nitrogen and oxygen atoms in total. The predicted molar refractivity (Wildman–Crippen MR) is 119 cm³/mol. The highest BCUT2D eigenvalue weighted by molar-refractivity contribution is 7.90. The van der Waals surface area contributed by atoms with Gasteiger partial charge in [0, 0.05) is 45.5 Å². The lowest BCUT2D eigenvalue weighted by Crippen LogP contribution is -2.57. The van der Waals surface area contributed by atoms with Gasteiger partial charge in [0.1, 0.15) is 5.82 Å². The molecule has 2 aliphatic heterocycles. The Hall–Kier alpha value is -1.97. The Labute approximate surface area is 184 Å². The summed E-state index contributed by atoms with van der Waals surface area (Å²) in [5, 5.41) is 4.47. The molecule has 9 heteroatoms. The molecule has 0 bridgehead atoms. The summed E-state index contributed by atoms with van der Waals surface area (Å²) in [7, 11) is -2.08. The fraction of sp³-hybridized carbons (Fsp3) is 0.591. The Morgan fingerprint density at radius 1 is 1.29 bits per heavy atom. The van der Waals surface area contributed by atoms with Crippen molar-refractivity contribution in [3.8, 4) is 0 Å². The smallest absolute Gasteiger partial charge is 0.295 e. The molecular formula is C22H32FN5O2S. The molecule has 0 N–H and O–H groups in total. The zero-order valence-electron chi connectivity index (χ0n) is 18.7. The molecule has 31 heavy (non-hydrogen) atoms. The van der Waals surface area contributed by atoms with Crippen LogP contribution in [0.3, 0.4) is 0 Å². The van der Waals surface area contributed by atoms with Crippen molar-refractivity contribution >= 4 is 15.9 Å². The van der Waals surface area contributed by atoms with Crippen molar-refractivity contribution < 1.29 is 12.8 Å². The van der Waals surface area contributed by atoms with Crippen molar-refractivity contribution in [3.63, 3.8) is 0 Å². The van der Waals surface area contributed by atoms with Crippen LogP contribution in [0.5, 0.6) is 0 Å². The van der Waals surface area contributed by atoms with Crippen LogP contribution in [0.1, 0.15) is 39.3 Å². The van der Waals surface area contributed by atoms with Crippen LogP contribution in [0.15, 0.2) is 36.5 Å². The minimum Gasteiger partial charge on any atom is -0.295 e. The van der Waals surface area contributed by atoms with Gasteiger partial charge in [-0.15, -0.1) is 0 Å². The summed E-state index contributed by atoms with van der Waals surface area (Å²) >= 11 is 0. The number of likely N-dealkylation sites (N-methyl/N-ethyl adjacent to an activating group) is 1. The SMILES string of the molecule is CC(C)Cn1nccc1CN1CC[C@@]2(C[C@@H]1C)CN(C)S(=O)(=O)N2c1cccc(F)c1. The van der Waals surface area contributed by atoms with E-state index in [2.05, 4.69) is 41.5 Å². The highest BCUT2D eigenvalue weighted by Gasteiger charge is 2.55. The largest absolute Gasteiger partial charge is 0.304 e. The van der Waals surface area contributed by atoms with Gasteiger partial charge in [0.25, 0.3) is 0 Å². The average molecular weight is 450 g/mol. The molecule has 1 spiro atoms. The number of aromatic nitrogens is 2. The molecule has 0 radical (unpaired) electrons. The summed E-state index contributed by atoms with van der Waals surface area (Å²) in [6.07, 6.45) is 3.22. The molecule has 2 atom stereocenters. The first kappa shape index (κ1) is 22.2. The van der Waals surface area contributed by atoms with Crippen LogP contribution in [0.4, 0.5) is 10.1 Å². The van der Waals surface area contributed by atoms with Crippen molar-refractivity contribution in [1.82, 2.24) is 19.0 Å². The van der Waals surface area contributed by atoms with E-state index in [0.29, 0.717) is 31.0 Å². The topological polar surface area (TPSA) is 61.7 Å². The van der Waals surface area contributed by atoms with Crippen LogP contribution in [0, 0.1) is 11.7 Å². The van der Waals surface area contributed by atoms with Gasteiger partial charge >= 0.3 is 10.2 Å². The fourth-order valence-electron chi connectivity index (χ4n) is 5.08. The van der Waals surface area contributed by atoms with Crippen LogP contribution in [0.25, 0.3) is 0 Å². The quantitative estimate of drug-likeness (QED) is 0.704. The monoisotopic (exact) mass is 449 g/mol. The number of halogens is 1. The predicted octanol–water partition coefficient (Wildman–Crippen LogP) is 3.10. The van der Waals surface area contributed by atoms with Crippen LogP contribution in [-0.2, 0) is 23.3 Å². The van der Waals surface area contributed by atoms with Gasteiger partial charge in [0.05, 0.1) is 16.9 Å². The third-order valence-corrected chi connectivity index (χ3v) is 8.46.